The van der Waals surface area contributed by atoms with E-state index in [1.165, 1.54) is 0 Å². The van der Waals surface area contributed by atoms with Crippen LogP contribution < -0.4 is 10.5 Å². The number of para-hydroxylation sites is 1. The van der Waals surface area contributed by atoms with Gasteiger partial charge in [-0.15, -0.1) is 0 Å². The molecular weight excluding hydrogens is 233 g/mol. The lowest BCUT2D eigenvalue weighted by Crippen LogP contribution is -2.33. The minimum Gasteiger partial charge on any atom is -0.489 e. The Balaban J connectivity index is 2.65. The van der Waals surface area contributed by atoms with Gasteiger partial charge in [-0.1, -0.05) is 43.1 Å². The summed E-state index contributed by atoms with van der Waals surface area (Å²) in [5.41, 5.74) is 5.85. The monoisotopic (exact) mass is 247 g/mol. The number of ether oxygens (including phenoxy) is 1. The van der Waals surface area contributed by atoms with Gasteiger partial charge in [-0.25, -0.2) is 0 Å². The molecule has 2 N–H and O–H groups in total. The van der Waals surface area contributed by atoms with Gasteiger partial charge in [0.2, 0.25) is 0 Å². The summed E-state index contributed by atoms with van der Waals surface area (Å²) in [7, 11) is 0. The van der Waals surface area contributed by atoms with Crippen molar-refractivity contribution in [3.05, 3.63) is 28.2 Å². The van der Waals surface area contributed by atoms with Crippen molar-refractivity contribution >= 4 is 23.2 Å². The summed E-state index contributed by atoms with van der Waals surface area (Å²) in [6, 6.07) is 5.24. The molecular formula is C11H15Cl2NO. The molecule has 0 aromatic heterocycles. The summed E-state index contributed by atoms with van der Waals surface area (Å²) < 4.78 is 5.50. The minimum atomic E-state index is -0.0164. The number of nitrogens with two attached hydrogens (primary N) is 1. The van der Waals surface area contributed by atoms with E-state index in [0.29, 0.717) is 28.3 Å². The summed E-state index contributed by atoms with van der Waals surface area (Å²) in [5, 5.41) is 1.02. The van der Waals surface area contributed by atoms with E-state index >= 15 is 0 Å². The Morgan fingerprint density at radius 2 is 1.80 bits per heavy atom. The fraction of sp³-hybridized carbons (Fsp3) is 0.455. The molecule has 1 atom stereocenters. The highest BCUT2D eigenvalue weighted by Gasteiger charge is 2.11. The van der Waals surface area contributed by atoms with Crippen molar-refractivity contribution < 1.29 is 4.74 Å². The van der Waals surface area contributed by atoms with Crippen molar-refractivity contribution in [3.63, 3.8) is 0 Å². The molecule has 0 aliphatic heterocycles. The van der Waals surface area contributed by atoms with Crippen LogP contribution in [0.1, 0.15) is 13.8 Å². The molecule has 0 aliphatic rings. The molecule has 84 valence electrons. The van der Waals surface area contributed by atoms with Gasteiger partial charge in [0.1, 0.15) is 6.61 Å². The summed E-state index contributed by atoms with van der Waals surface area (Å²) in [5.74, 6) is 0.878. The molecule has 0 spiro atoms. The first kappa shape index (κ1) is 12.6. The SMILES string of the molecule is CC(C)[C@@H](N)COc1c(Cl)cccc1Cl. The van der Waals surface area contributed by atoms with E-state index in [-0.39, 0.29) is 6.04 Å². The molecule has 0 amide bonds. The maximum atomic E-state index is 5.94. The topological polar surface area (TPSA) is 35.2 Å². The first-order valence-corrected chi connectivity index (χ1v) is 5.60. The van der Waals surface area contributed by atoms with Crippen LogP contribution in [0.3, 0.4) is 0 Å². The molecule has 0 bridgehead atoms. The lowest BCUT2D eigenvalue weighted by Gasteiger charge is -2.17. The first-order chi connectivity index (χ1) is 7.02. The Morgan fingerprint density at radius 1 is 1.27 bits per heavy atom. The predicted molar refractivity (Wildman–Crippen MR) is 64.8 cm³/mol. The van der Waals surface area contributed by atoms with Crippen LogP contribution in [0.5, 0.6) is 5.75 Å². The third-order valence-electron chi connectivity index (χ3n) is 2.20. The number of hydrogen-bond acceptors (Lipinski definition) is 2. The highest BCUT2D eigenvalue weighted by molar-refractivity contribution is 6.37. The van der Waals surface area contributed by atoms with Crippen molar-refractivity contribution in [1.82, 2.24) is 0 Å². The van der Waals surface area contributed by atoms with E-state index < -0.39 is 0 Å². The Labute approximate surface area is 100 Å². The van der Waals surface area contributed by atoms with Crippen LogP contribution in [0.25, 0.3) is 0 Å². The zero-order valence-electron chi connectivity index (χ0n) is 8.84. The Morgan fingerprint density at radius 3 is 2.27 bits per heavy atom. The second-order valence-electron chi connectivity index (χ2n) is 3.77. The summed E-state index contributed by atoms with van der Waals surface area (Å²) in [6.45, 7) is 4.51. The van der Waals surface area contributed by atoms with Gasteiger partial charge in [0, 0.05) is 6.04 Å². The maximum absolute atomic E-state index is 5.94. The number of benzene rings is 1. The van der Waals surface area contributed by atoms with Gasteiger partial charge in [0.25, 0.3) is 0 Å². The third-order valence-corrected chi connectivity index (χ3v) is 2.79. The van der Waals surface area contributed by atoms with E-state index in [4.69, 9.17) is 33.7 Å². The molecule has 0 saturated heterocycles. The van der Waals surface area contributed by atoms with Crippen LogP contribution in [-0.2, 0) is 0 Å². The fourth-order valence-corrected chi connectivity index (χ4v) is 1.50. The molecule has 0 heterocycles. The quantitative estimate of drug-likeness (QED) is 0.886. The lowest BCUT2D eigenvalue weighted by atomic mass is 10.1. The van der Waals surface area contributed by atoms with Crippen LogP contribution in [-0.4, -0.2) is 12.6 Å². The zero-order chi connectivity index (χ0) is 11.4. The van der Waals surface area contributed by atoms with E-state index in [1.807, 2.05) is 13.8 Å². The normalized spacial score (nSPS) is 12.9. The molecule has 15 heavy (non-hydrogen) atoms. The standard InChI is InChI=1S/C11H15Cl2NO/c1-7(2)10(14)6-15-11-8(12)4-3-5-9(11)13/h3-5,7,10H,6,14H2,1-2H3/t10-/m0/s1. The van der Waals surface area contributed by atoms with Crippen molar-refractivity contribution in [2.45, 2.75) is 19.9 Å². The van der Waals surface area contributed by atoms with Gasteiger partial charge in [-0.3, -0.25) is 0 Å². The fourth-order valence-electron chi connectivity index (χ4n) is 0.992. The van der Waals surface area contributed by atoms with Gasteiger partial charge in [0.05, 0.1) is 10.0 Å². The minimum absolute atomic E-state index is 0.0164. The van der Waals surface area contributed by atoms with Gasteiger partial charge in [-0.2, -0.15) is 0 Å². The van der Waals surface area contributed by atoms with Crippen LogP contribution >= 0.6 is 23.2 Å². The molecule has 0 radical (unpaired) electrons. The van der Waals surface area contributed by atoms with Crippen LogP contribution in [0.15, 0.2) is 18.2 Å². The van der Waals surface area contributed by atoms with E-state index in [0.717, 1.165) is 0 Å². The van der Waals surface area contributed by atoms with Crippen molar-refractivity contribution in [2.24, 2.45) is 11.7 Å². The van der Waals surface area contributed by atoms with Crippen molar-refractivity contribution in [1.29, 1.82) is 0 Å². The third kappa shape index (κ3) is 3.56. The predicted octanol–water partition coefficient (Wildman–Crippen LogP) is 3.36. The first-order valence-electron chi connectivity index (χ1n) is 4.84. The van der Waals surface area contributed by atoms with Crippen LogP contribution in [0.4, 0.5) is 0 Å². The number of hydrogen-bond donors (Lipinski definition) is 1. The van der Waals surface area contributed by atoms with E-state index in [2.05, 4.69) is 0 Å². The molecule has 2 nitrogen and oxygen atoms in total. The lowest BCUT2D eigenvalue weighted by molar-refractivity contribution is 0.260. The molecule has 0 fully saturated rings. The summed E-state index contributed by atoms with van der Waals surface area (Å²) >= 11 is 11.9. The smallest absolute Gasteiger partial charge is 0.156 e. The summed E-state index contributed by atoms with van der Waals surface area (Å²) in [6.07, 6.45) is 0. The van der Waals surface area contributed by atoms with E-state index in [9.17, 15) is 0 Å². The van der Waals surface area contributed by atoms with Gasteiger partial charge < -0.3 is 10.5 Å². The Kier molecular flexibility index (Phi) is 4.71. The van der Waals surface area contributed by atoms with Gasteiger partial charge in [-0.05, 0) is 18.1 Å². The highest BCUT2D eigenvalue weighted by atomic mass is 35.5. The van der Waals surface area contributed by atoms with Gasteiger partial charge >= 0.3 is 0 Å². The average Bonchev–Trinajstić information content (AvgIpc) is 2.16. The second-order valence-corrected chi connectivity index (χ2v) is 4.58. The molecule has 0 aliphatic carbocycles. The van der Waals surface area contributed by atoms with Gasteiger partial charge in [0.15, 0.2) is 5.75 Å². The van der Waals surface area contributed by atoms with Crippen molar-refractivity contribution in [2.75, 3.05) is 6.61 Å². The molecule has 4 heteroatoms. The molecule has 0 saturated carbocycles. The Hall–Kier alpha value is -0.440. The van der Waals surface area contributed by atoms with E-state index in [1.54, 1.807) is 18.2 Å². The Bertz CT molecular complexity index is 308. The number of halogens is 2. The molecule has 1 aromatic rings. The zero-order valence-corrected chi connectivity index (χ0v) is 10.3. The maximum Gasteiger partial charge on any atom is 0.156 e. The largest absolute Gasteiger partial charge is 0.489 e. The van der Waals surface area contributed by atoms with Crippen LogP contribution in [0, 0.1) is 5.92 Å². The summed E-state index contributed by atoms with van der Waals surface area (Å²) in [4.78, 5) is 0. The number of rotatable bonds is 4. The molecule has 1 aromatic carbocycles. The second kappa shape index (κ2) is 5.59. The molecule has 1 rings (SSSR count). The highest BCUT2D eigenvalue weighted by Crippen LogP contribution is 2.32. The molecule has 0 unspecified atom stereocenters. The van der Waals surface area contributed by atoms with Crippen LogP contribution in [0.2, 0.25) is 10.0 Å². The average molecular weight is 248 g/mol. The van der Waals surface area contributed by atoms with Crippen molar-refractivity contribution in [3.8, 4) is 5.75 Å².